The highest BCUT2D eigenvalue weighted by Crippen LogP contribution is 2.27. The van der Waals surface area contributed by atoms with Gasteiger partial charge in [0.15, 0.2) is 0 Å². The molecule has 0 aromatic rings. The molecule has 2 rings (SSSR count). The van der Waals surface area contributed by atoms with E-state index in [1.807, 2.05) is 6.92 Å². The molecular formula is C12H23NO4. The number of hydrogen-bond acceptors (Lipinski definition) is 5. The predicted molar refractivity (Wildman–Crippen MR) is 63.0 cm³/mol. The Morgan fingerprint density at radius 3 is 2.94 bits per heavy atom. The van der Waals surface area contributed by atoms with Crippen molar-refractivity contribution in [2.45, 2.75) is 43.6 Å². The Bertz CT molecular complexity index is 243. The normalized spacial score (nSPS) is 41.5. The number of ether oxygens (including phenoxy) is 3. The van der Waals surface area contributed by atoms with Gasteiger partial charge in [-0.25, -0.2) is 0 Å². The van der Waals surface area contributed by atoms with Crippen molar-refractivity contribution < 1.29 is 19.3 Å². The maximum atomic E-state index is 10.1. The molecule has 2 aliphatic rings. The van der Waals surface area contributed by atoms with Crippen molar-refractivity contribution in [1.82, 2.24) is 5.32 Å². The molecule has 0 spiro atoms. The van der Waals surface area contributed by atoms with Gasteiger partial charge < -0.3 is 24.6 Å². The fraction of sp³-hybridized carbons (Fsp3) is 1.00. The Kier molecular flexibility index (Phi) is 4.38. The van der Waals surface area contributed by atoms with Gasteiger partial charge in [-0.3, -0.25) is 0 Å². The zero-order valence-corrected chi connectivity index (χ0v) is 10.6. The van der Waals surface area contributed by atoms with Gasteiger partial charge in [0.1, 0.15) is 5.60 Å². The van der Waals surface area contributed by atoms with Gasteiger partial charge in [0.2, 0.25) is 0 Å². The first-order chi connectivity index (χ1) is 8.18. The highest BCUT2D eigenvalue weighted by Gasteiger charge is 2.43. The van der Waals surface area contributed by atoms with Crippen LogP contribution in [0.4, 0.5) is 0 Å². The van der Waals surface area contributed by atoms with Gasteiger partial charge in [0.25, 0.3) is 0 Å². The summed E-state index contributed by atoms with van der Waals surface area (Å²) in [4.78, 5) is 0. The minimum absolute atomic E-state index is 0.0980. The van der Waals surface area contributed by atoms with Gasteiger partial charge in [-0.05, 0) is 13.3 Å². The highest BCUT2D eigenvalue weighted by molar-refractivity contribution is 4.99. The van der Waals surface area contributed by atoms with Gasteiger partial charge >= 0.3 is 0 Å². The summed E-state index contributed by atoms with van der Waals surface area (Å²) in [7, 11) is 1.71. The van der Waals surface area contributed by atoms with Crippen molar-refractivity contribution in [1.29, 1.82) is 0 Å². The largest absolute Gasteiger partial charge is 0.386 e. The molecule has 0 radical (unpaired) electrons. The van der Waals surface area contributed by atoms with Crippen LogP contribution in [0.1, 0.15) is 19.8 Å². The quantitative estimate of drug-likeness (QED) is 0.685. The maximum absolute atomic E-state index is 10.1. The van der Waals surface area contributed by atoms with E-state index in [9.17, 15) is 5.11 Å². The van der Waals surface area contributed by atoms with Crippen LogP contribution >= 0.6 is 0 Å². The van der Waals surface area contributed by atoms with Crippen LogP contribution in [0.5, 0.6) is 0 Å². The molecule has 0 amide bonds. The van der Waals surface area contributed by atoms with Crippen LogP contribution in [0.2, 0.25) is 0 Å². The molecular weight excluding hydrogens is 222 g/mol. The van der Waals surface area contributed by atoms with Crippen molar-refractivity contribution in [3.05, 3.63) is 0 Å². The number of hydrogen-bond donors (Lipinski definition) is 2. The first kappa shape index (κ1) is 13.2. The molecule has 1 aliphatic heterocycles. The van der Waals surface area contributed by atoms with E-state index in [2.05, 4.69) is 5.32 Å². The minimum atomic E-state index is -0.699. The molecule has 0 aromatic heterocycles. The summed E-state index contributed by atoms with van der Waals surface area (Å²) in [5.74, 6) is 0. The average molecular weight is 245 g/mol. The molecule has 4 unspecified atom stereocenters. The third kappa shape index (κ3) is 2.98. The Morgan fingerprint density at radius 2 is 2.35 bits per heavy atom. The summed E-state index contributed by atoms with van der Waals surface area (Å²) in [6, 6.07) is 0.279. The molecule has 1 heterocycles. The highest BCUT2D eigenvalue weighted by atomic mass is 16.5. The van der Waals surface area contributed by atoms with E-state index in [0.29, 0.717) is 26.2 Å². The fourth-order valence-electron chi connectivity index (χ4n) is 2.53. The topological polar surface area (TPSA) is 60.0 Å². The summed E-state index contributed by atoms with van der Waals surface area (Å²) >= 11 is 0. The maximum Gasteiger partial charge on any atom is 0.103 e. The van der Waals surface area contributed by atoms with Crippen LogP contribution in [-0.4, -0.2) is 62.4 Å². The Labute approximate surface area is 102 Å². The third-order valence-electron chi connectivity index (χ3n) is 3.68. The summed E-state index contributed by atoms with van der Waals surface area (Å²) < 4.78 is 16.2. The average Bonchev–Trinajstić information content (AvgIpc) is 2.70. The van der Waals surface area contributed by atoms with Gasteiger partial charge in [-0.1, -0.05) is 0 Å². The second-order valence-corrected chi connectivity index (χ2v) is 4.94. The molecule has 5 heteroatoms. The Balaban J connectivity index is 1.73. The van der Waals surface area contributed by atoms with Crippen molar-refractivity contribution in [3.63, 3.8) is 0 Å². The lowest BCUT2D eigenvalue weighted by Crippen LogP contribution is -2.62. The van der Waals surface area contributed by atoms with E-state index >= 15 is 0 Å². The zero-order valence-electron chi connectivity index (χ0n) is 10.6. The van der Waals surface area contributed by atoms with Crippen molar-refractivity contribution in [2.24, 2.45) is 0 Å². The summed E-state index contributed by atoms with van der Waals surface area (Å²) in [5, 5.41) is 13.5. The molecule has 0 aromatic carbocycles. The van der Waals surface area contributed by atoms with E-state index in [1.54, 1.807) is 7.11 Å². The van der Waals surface area contributed by atoms with Crippen molar-refractivity contribution in [3.8, 4) is 0 Å². The number of nitrogens with one attached hydrogen (secondary N) is 1. The summed E-state index contributed by atoms with van der Waals surface area (Å²) in [5.41, 5.74) is -0.699. The van der Waals surface area contributed by atoms with Crippen LogP contribution < -0.4 is 5.32 Å². The van der Waals surface area contributed by atoms with Crippen LogP contribution in [0.3, 0.4) is 0 Å². The minimum Gasteiger partial charge on any atom is -0.386 e. The number of aliphatic hydroxyl groups is 1. The smallest absolute Gasteiger partial charge is 0.103 e. The second kappa shape index (κ2) is 5.63. The third-order valence-corrected chi connectivity index (χ3v) is 3.68. The first-order valence-corrected chi connectivity index (χ1v) is 6.36. The molecule has 17 heavy (non-hydrogen) atoms. The molecule has 5 nitrogen and oxygen atoms in total. The number of rotatable bonds is 6. The standard InChI is InChI=1S/C12H23NO4/c1-3-17-10-6-9(11(10)15-2)13-7-12(14)4-5-16-8-12/h9-11,13-14H,3-8H2,1-2H3. The van der Waals surface area contributed by atoms with Gasteiger partial charge in [0, 0.05) is 39.3 Å². The summed E-state index contributed by atoms with van der Waals surface area (Å²) in [6.07, 6.45) is 1.94. The van der Waals surface area contributed by atoms with E-state index in [-0.39, 0.29) is 18.2 Å². The number of methoxy groups -OCH3 is 1. The van der Waals surface area contributed by atoms with Crippen LogP contribution in [-0.2, 0) is 14.2 Å². The lowest BCUT2D eigenvalue weighted by atomic mass is 9.84. The molecule has 0 bridgehead atoms. The monoisotopic (exact) mass is 245 g/mol. The Hall–Kier alpha value is -0.200. The van der Waals surface area contributed by atoms with E-state index in [0.717, 1.165) is 13.0 Å². The predicted octanol–water partition coefficient (Wildman–Crippen LogP) is -0.0802. The molecule has 2 N–H and O–H groups in total. The molecule has 100 valence electrons. The first-order valence-electron chi connectivity index (χ1n) is 6.36. The molecule has 1 saturated heterocycles. The van der Waals surface area contributed by atoms with E-state index in [1.165, 1.54) is 0 Å². The summed E-state index contributed by atoms with van der Waals surface area (Å²) in [6.45, 7) is 4.36. The SMILES string of the molecule is CCOC1CC(NCC2(O)CCOC2)C1OC. The van der Waals surface area contributed by atoms with Crippen molar-refractivity contribution in [2.75, 3.05) is 33.5 Å². The molecule has 1 aliphatic carbocycles. The lowest BCUT2D eigenvalue weighted by molar-refractivity contribution is -0.134. The van der Waals surface area contributed by atoms with Crippen LogP contribution in [0.25, 0.3) is 0 Å². The molecule has 4 atom stereocenters. The second-order valence-electron chi connectivity index (χ2n) is 4.94. The van der Waals surface area contributed by atoms with Crippen molar-refractivity contribution >= 4 is 0 Å². The van der Waals surface area contributed by atoms with E-state index in [4.69, 9.17) is 14.2 Å². The van der Waals surface area contributed by atoms with Gasteiger partial charge in [-0.15, -0.1) is 0 Å². The van der Waals surface area contributed by atoms with Gasteiger partial charge in [0.05, 0.1) is 18.8 Å². The lowest BCUT2D eigenvalue weighted by Gasteiger charge is -2.44. The van der Waals surface area contributed by atoms with E-state index < -0.39 is 5.60 Å². The fourth-order valence-corrected chi connectivity index (χ4v) is 2.53. The van der Waals surface area contributed by atoms with Crippen LogP contribution in [0.15, 0.2) is 0 Å². The van der Waals surface area contributed by atoms with Crippen LogP contribution in [0, 0.1) is 0 Å². The zero-order chi connectivity index (χ0) is 12.3. The van der Waals surface area contributed by atoms with Gasteiger partial charge in [-0.2, -0.15) is 0 Å². The molecule has 1 saturated carbocycles. The molecule has 2 fully saturated rings. The Morgan fingerprint density at radius 1 is 1.53 bits per heavy atom.